The van der Waals surface area contributed by atoms with Crippen LogP contribution >= 0.6 is 0 Å². The second kappa shape index (κ2) is 9.20. The summed E-state index contributed by atoms with van der Waals surface area (Å²) in [6.45, 7) is 3.47. The number of methoxy groups -OCH3 is 1. The highest BCUT2D eigenvalue weighted by atomic mass is 19.1. The Kier molecular flexibility index (Phi) is 6.41. The molecule has 0 bridgehead atoms. The van der Waals surface area contributed by atoms with Gasteiger partial charge in [-0.05, 0) is 19.3 Å². The lowest BCUT2D eigenvalue weighted by atomic mass is 9.94. The van der Waals surface area contributed by atoms with E-state index in [4.69, 9.17) is 4.74 Å². The predicted molar refractivity (Wildman–Crippen MR) is 113 cm³/mol. The summed E-state index contributed by atoms with van der Waals surface area (Å²) in [5.74, 6) is -0.516. The number of hydrogen-bond donors (Lipinski definition) is 2. The molecule has 1 aliphatic carbocycles. The largest absolute Gasteiger partial charge is 0.495 e. The Labute approximate surface area is 176 Å². The zero-order chi connectivity index (χ0) is 21.1. The number of carbonyl (C=O) groups is 2. The Morgan fingerprint density at radius 2 is 1.80 bits per heavy atom. The minimum absolute atomic E-state index is 0.261. The van der Waals surface area contributed by atoms with E-state index >= 15 is 4.39 Å². The van der Waals surface area contributed by atoms with Crippen molar-refractivity contribution in [3.05, 3.63) is 17.9 Å². The molecule has 7 nitrogen and oxygen atoms in total. The molecule has 3 fully saturated rings. The van der Waals surface area contributed by atoms with Crippen LogP contribution in [0.3, 0.4) is 0 Å². The number of ether oxygens (including phenoxy) is 1. The van der Waals surface area contributed by atoms with Gasteiger partial charge in [-0.2, -0.15) is 0 Å². The fraction of sp³-hybridized carbons (Fsp3) is 0.636. The Hall–Kier alpha value is -2.35. The van der Waals surface area contributed by atoms with E-state index in [1.807, 2.05) is 0 Å². The van der Waals surface area contributed by atoms with E-state index < -0.39 is 11.9 Å². The average molecular weight is 419 g/mol. The number of piperidine rings is 1. The van der Waals surface area contributed by atoms with E-state index in [-0.39, 0.29) is 18.1 Å². The maximum absolute atomic E-state index is 15.0. The highest BCUT2D eigenvalue weighted by molar-refractivity contribution is 6.01. The topological polar surface area (TPSA) is 73.9 Å². The second-order valence-corrected chi connectivity index (χ2v) is 8.47. The van der Waals surface area contributed by atoms with Crippen LogP contribution in [0.5, 0.6) is 5.75 Å². The number of imide groups is 1. The number of carbonyl (C=O) groups excluding carboxylic acids is 2. The molecule has 30 heavy (non-hydrogen) atoms. The highest BCUT2D eigenvalue weighted by Gasteiger charge is 2.29. The maximum Gasteiger partial charge on any atom is 0.249 e. The summed E-state index contributed by atoms with van der Waals surface area (Å²) < 4.78 is 20.5. The molecular weight excluding hydrogens is 387 g/mol. The monoisotopic (exact) mass is 418 g/mol. The molecule has 2 N–H and O–H groups in total. The molecular formula is C22H31FN4O3. The quantitative estimate of drug-likeness (QED) is 0.716. The van der Waals surface area contributed by atoms with Crippen molar-refractivity contribution in [1.29, 1.82) is 0 Å². The summed E-state index contributed by atoms with van der Waals surface area (Å²) in [4.78, 5) is 28.0. The normalized spacial score (nSPS) is 23.9. The fourth-order valence-corrected chi connectivity index (χ4v) is 4.86. The molecule has 2 aliphatic heterocycles. The van der Waals surface area contributed by atoms with Crippen LogP contribution in [0.2, 0.25) is 0 Å². The number of piperazine rings is 1. The third-order valence-corrected chi connectivity index (χ3v) is 6.58. The van der Waals surface area contributed by atoms with Crippen molar-refractivity contribution in [2.45, 2.75) is 57.0 Å². The van der Waals surface area contributed by atoms with Gasteiger partial charge in [0.05, 0.1) is 18.5 Å². The van der Waals surface area contributed by atoms with Crippen molar-refractivity contribution in [2.75, 3.05) is 43.5 Å². The Morgan fingerprint density at radius 3 is 2.47 bits per heavy atom. The van der Waals surface area contributed by atoms with Gasteiger partial charge in [-0.15, -0.1) is 0 Å². The molecule has 1 aromatic carbocycles. The smallest absolute Gasteiger partial charge is 0.249 e. The standard InChI is InChI=1S/C22H31FN4O3/c1-30-20-14-19(27-11-9-26(10-12-27)15-5-3-2-4-6-15)16(23)13-18(20)24-17-7-8-21(28)25-22(17)29/h13-15,17,24H,2-12H2,1H3,(H,25,28,29). The van der Waals surface area contributed by atoms with Crippen LogP contribution < -0.4 is 20.3 Å². The molecule has 0 radical (unpaired) electrons. The fourth-order valence-electron chi connectivity index (χ4n) is 4.86. The van der Waals surface area contributed by atoms with Crippen molar-refractivity contribution in [3.63, 3.8) is 0 Å². The van der Waals surface area contributed by atoms with Crippen LogP contribution in [0.25, 0.3) is 0 Å². The molecule has 1 saturated carbocycles. The summed E-state index contributed by atoms with van der Waals surface area (Å²) in [5.41, 5.74) is 0.957. The molecule has 0 spiro atoms. The van der Waals surface area contributed by atoms with Crippen LogP contribution in [0, 0.1) is 5.82 Å². The van der Waals surface area contributed by atoms with Gasteiger partial charge in [-0.1, -0.05) is 19.3 Å². The molecule has 3 aliphatic rings. The van der Waals surface area contributed by atoms with Gasteiger partial charge in [-0.3, -0.25) is 19.8 Å². The number of amides is 2. The number of benzene rings is 1. The predicted octanol–water partition coefficient (Wildman–Crippen LogP) is 2.51. The Bertz CT molecular complexity index is 789. The summed E-state index contributed by atoms with van der Waals surface area (Å²) in [5, 5.41) is 5.34. The zero-order valence-corrected chi connectivity index (χ0v) is 17.6. The first-order chi connectivity index (χ1) is 14.5. The van der Waals surface area contributed by atoms with Crippen LogP contribution in [-0.2, 0) is 9.59 Å². The average Bonchev–Trinajstić information content (AvgIpc) is 2.77. The molecule has 2 heterocycles. The van der Waals surface area contributed by atoms with E-state index in [2.05, 4.69) is 20.4 Å². The Morgan fingerprint density at radius 1 is 1.07 bits per heavy atom. The van der Waals surface area contributed by atoms with E-state index in [0.29, 0.717) is 29.6 Å². The summed E-state index contributed by atoms with van der Waals surface area (Å²) in [6, 6.07) is 3.20. The molecule has 4 rings (SSSR count). The van der Waals surface area contributed by atoms with Crippen LogP contribution in [0.1, 0.15) is 44.9 Å². The van der Waals surface area contributed by atoms with Crippen molar-refractivity contribution in [1.82, 2.24) is 10.2 Å². The molecule has 1 atom stereocenters. The first kappa shape index (κ1) is 20.9. The summed E-state index contributed by atoms with van der Waals surface area (Å²) >= 11 is 0. The summed E-state index contributed by atoms with van der Waals surface area (Å²) in [6.07, 6.45) is 7.18. The van der Waals surface area contributed by atoms with Gasteiger partial charge in [0.15, 0.2) is 0 Å². The first-order valence-corrected chi connectivity index (χ1v) is 11.0. The van der Waals surface area contributed by atoms with Crippen molar-refractivity contribution >= 4 is 23.2 Å². The lowest BCUT2D eigenvalue weighted by molar-refractivity contribution is -0.133. The van der Waals surface area contributed by atoms with Gasteiger partial charge in [0.2, 0.25) is 11.8 Å². The lowest BCUT2D eigenvalue weighted by Gasteiger charge is -2.41. The summed E-state index contributed by atoms with van der Waals surface area (Å²) in [7, 11) is 1.54. The van der Waals surface area contributed by atoms with E-state index in [1.54, 1.807) is 6.07 Å². The number of rotatable bonds is 5. The van der Waals surface area contributed by atoms with Crippen molar-refractivity contribution in [2.24, 2.45) is 0 Å². The van der Waals surface area contributed by atoms with E-state index in [9.17, 15) is 9.59 Å². The highest BCUT2D eigenvalue weighted by Crippen LogP contribution is 2.34. The maximum atomic E-state index is 15.0. The van der Waals surface area contributed by atoms with Gasteiger partial charge >= 0.3 is 0 Å². The number of halogens is 1. The third-order valence-electron chi connectivity index (χ3n) is 6.58. The van der Waals surface area contributed by atoms with Crippen LogP contribution in [0.4, 0.5) is 15.8 Å². The van der Waals surface area contributed by atoms with Gasteiger partial charge < -0.3 is 15.0 Å². The second-order valence-electron chi connectivity index (χ2n) is 8.47. The molecule has 1 aromatic rings. The lowest BCUT2D eigenvalue weighted by Crippen LogP contribution is -2.51. The molecule has 164 valence electrons. The molecule has 0 aromatic heterocycles. The minimum atomic E-state index is -0.583. The number of anilines is 2. The third kappa shape index (κ3) is 4.53. The first-order valence-electron chi connectivity index (χ1n) is 11.0. The van der Waals surface area contributed by atoms with Gasteiger partial charge in [0.1, 0.15) is 17.6 Å². The number of nitrogens with zero attached hydrogens (tertiary/aromatic N) is 2. The van der Waals surface area contributed by atoms with Gasteiger partial charge in [-0.25, -0.2) is 4.39 Å². The SMILES string of the molecule is COc1cc(N2CCN(C3CCCCC3)CC2)c(F)cc1NC1CCC(=O)NC1=O. The van der Waals surface area contributed by atoms with Crippen molar-refractivity contribution in [3.8, 4) is 5.75 Å². The number of hydrogen-bond acceptors (Lipinski definition) is 6. The molecule has 1 unspecified atom stereocenters. The molecule has 8 heteroatoms. The van der Waals surface area contributed by atoms with E-state index in [1.165, 1.54) is 45.3 Å². The van der Waals surface area contributed by atoms with E-state index in [0.717, 1.165) is 26.2 Å². The molecule has 2 saturated heterocycles. The van der Waals surface area contributed by atoms with Gasteiger partial charge in [0, 0.05) is 50.8 Å². The minimum Gasteiger partial charge on any atom is -0.495 e. The zero-order valence-electron chi connectivity index (χ0n) is 17.6. The molecule has 2 amide bonds. The van der Waals surface area contributed by atoms with Crippen molar-refractivity contribution < 1.29 is 18.7 Å². The van der Waals surface area contributed by atoms with Gasteiger partial charge in [0.25, 0.3) is 0 Å². The van der Waals surface area contributed by atoms with Crippen LogP contribution in [-0.4, -0.2) is 62.1 Å². The Balaban J connectivity index is 1.43. The van der Waals surface area contributed by atoms with Crippen LogP contribution in [0.15, 0.2) is 12.1 Å². The number of nitrogens with one attached hydrogen (secondary N) is 2.